The van der Waals surface area contributed by atoms with Crippen molar-refractivity contribution in [3.8, 4) is 0 Å². The maximum atomic E-state index is 9.39. The van der Waals surface area contributed by atoms with E-state index in [9.17, 15) is 15.3 Å². The molecular formula is C18H29O6. The topological polar surface area (TPSA) is 110 Å². The first-order chi connectivity index (χ1) is 11.5. The van der Waals surface area contributed by atoms with Gasteiger partial charge in [-0.2, -0.15) is 0 Å². The summed E-state index contributed by atoms with van der Waals surface area (Å²) in [5.74, 6) is -0.464. The fourth-order valence-corrected chi connectivity index (χ4v) is 2.17. The minimum absolute atomic E-state index is 0.0803. The molecule has 0 saturated carbocycles. The summed E-state index contributed by atoms with van der Waals surface area (Å²) in [6.45, 7) is 4.85. The molecular weight excluding hydrogens is 312 g/mol. The molecule has 0 bridgehead atoms. The van der Waals surface area contributed by atoms with Gasteiger partial charge in [0, 0.05) is 5.92 Å². The van der Waals surface area contributed by atoms with Gasteiger partial charge in [0.05, 0.1) is 45.2 Å². The van der Waals surface area contributed by atoms with Crippen LogP contribution in [0.3, 0.4) is 0 Å². The monoisotopic (exact) mass is 341 g/mol. The van der Waals surface area contributed by atoms with E-state index in [-0.39, 0.29) is 33.0 Å². The van der Waals surface area contributed by atoms with Crippen LogP contribution in [-0.4, -0.2) is 70.8 Å². The minimum atomic E-state index is -0.661. The largest absolute Gasteiger partial charge is 0.392 e. The van der Waals surface area contributed by atoms with Crippen molar-refractivity contribution >= 4 is 0 Å². The summed E-state index contributed by atoms with van der Waals surface area (Å²) in [5, 5.41) is 45.9. The van der Waals surface area contributed by atoms with Crippen molar-refractivity contribution < 1.29 is 30.3 Å². The Morgan fingerprint density at radius 1 is 0.917 bits per heavy atom. The smallest absolute Gasteiger partial charge is 0.0745 e. The molecule has 2 atom stereocenters. The summed E-state index contributed by atoms with van der Waals surface area (Å²) in [7, 11) is 0. The SMILES string of the molecule is [CH2]C(OCC(C)O)C(C(C=CCO)=CCO)C(C=CCO)=CCO. The highest BCUT2D eigenvalue weighted by molar-refractivity contribution is 5.37. The molecule has 0 rings (SSSR count). The summed E-state index contributed by atoms with van der Waals surface area (Å²) >= 11 is 0. The molecule has 0 aromatic rings. The molecule has 0 aromatic heterocycles. The number of aliphatic hydroxyl groups is 5. The maximum Gasteiger partial charge on any atom is 0.0745 e. The van der Waals surface area contributed by atoms with Crippen molar-refractivity contribution in [2.75, 3.05) is 33.0 Å². The lowest BCUT2D eigenvalue weighted by Gasteiger charge is -2.27. The van der Waals surface area contributed by atoms with E-state index >= 15 is 0 Å². The Morgan fingerprint density at radius 3 is 1.71 bits per heavy atom. The van der Waals surface area contributed by atoms with Gasteiger partial charge in [-0.05, 0) is 25.0 Å². The van der Waals surface area contributed by atoms with Crippen LogP contribution in [0.25, 0.3) is 0 Å². The average molecular weight is 341 g/mol. The van der Waals surface area contributed by atoms with Gasteiger partial charge in [-0.1, -0.05) is 36.5 Å². The molecule has 0 aliphatic carbocycles. The van der Waals surface area contributed by atoms with Crippen LogP contribution in [0.1, 0.15) is 6.92 Å². The van der Waals surface area contributed by atoms with E-state index in [1.54, 1.807) is 31.2 Å². The zero-order valence-electron chi connectivity index (χ0n) is 14.1. The summed E-state index contributed by atoms with van der Waals surface area (Å²) in [6, 6.07) is 0. The number of allylic oxidation sites excluding steroid dienone is 2. The second-order valence-electron chi connectivity index (χ2n) is 5.14. The zero-order valence-corrected chi connectivity index (χ0v) is 14.1. The predicted octanol–water partition coefficient (Wildman–Crippen LogP) is 0.137. The summed E-state index contributed by atoms with van der Waals surface area (Å²) < 4.78 is 5.58. The summed E-state index contributed by atoms with van der Waals surface area (Å²) in [5.41, 5.74) is 1.28. The molecule has 0 amide bonds. The third-order valence-corrected chi connectivity index (χ3v) is 3.13. The van der Waals surface area contributed by atoms with Crippen molar-refractivity contribution in [3.63, 3.8) is 0 Å². The Morgan fingerprint density at radius 2 is 1.38 bits per heavy atom. The van der Waals surface area contributed by atoms with E-state index in [4.69, 9.17) is 14.9 Å². The molecule has 6 heteroatoms. The second kappa shape index (κ2) is 14.1. The van der Waals surface area contributed by atoms with Crippen LogP contribution >= 0.6 is 0 Å². The van der Waals surface area contributed by atoms with Gasteiger partial charge in [-0.25, -0.2) is 0 Å². The molecule has 0 aromatic carbocycles. The Balaban J connectivity index is 5.75. The van der Waals surface area contributed by atoms with E-state index in [1.807, 2.05) is 0 Å². The fraction of sp³-hybridized carbons (Fsp3) is 0.500. The van der Waals surface area contributed by atoms with Crippen molar-refractivity contribution in [3.05, 3.63) is 54.5 Å². The van der Waals surface area contributed by atoms with Gasteiger partial charge in [0.15, 0.2) is 0 Å². The van der Waals surface area contributed by atoms with E-state index in [0.29, 0.717) is 11.1 Å². The number of hydrogen-bond acceptors (Lipinski definition) is 6. The van der Waals surface area contributed by atoms with E-state index in [2.05, 4.69) is 6.92 Å². The number of ether oxygens (including phenoxy) is 1. The minimum Gasteiger partial charge on any atom is -0.392 e. The van der Waals surface area contributed by atoms with E-state index in [0.717, 1.165) is 0 Å². The molecule has 0 aliphatic heterocycles. The Kier molecular flexibility index (Phi) is 13.3. The number of rotatable bonds is 12. The molecule has 137 valence electrons. The van der Waals surface area contributed by atoms with Gasteiger partial charge in [0.25, 0.3) is 0 Å². The van der Waals surface area contributed by atoms with Crippen LogP contribution in [0, 0.1) is 12.8 Å². The Bertz CT molecular complexity index is 405. The van der Waals surface area contributed by atoms with Gasteiger partial charge in [-0.15, -0.1) is 0 Å². The number of aliphatic hydroxyl groups excluding tert-OH is 5. The molecule has 0 spiro atoms. The van der Waals surface area contributed by atoms with Crippen LogP contribution < -0.4 is 0 Å². The quantitative estimate of drug-likeness (QED) is 0.323. The van der Waals surface area contributed by atoms with Crippen molar-refractivity contribution in [2.24, 2.45) is 5.92 Å². The summed E-state index contributed by atoms with van der Waals surface area (Å²) in [6.07, 6.45) is 8.14. The second-order valence-corrected chi connectivity index (χ2v) is 5.14. The molecule has 0 fully saturated rings. The van der Waals surface area contributed by atoms with Crippen LogP contribution in [0.15, 0.2) is 47.6 Å². The van der Waals surface area contributed by atoms with Gasteiger partial charge in [-0.3, -0.25) is 0 Å². The van der Waals surface area contributed by atoms with Crippen LogP contribution in [-0.2, 0) is 4.74 Å². The normalized spacial score (nSPS) is 17.6. The highest BCUT2D eigenvalue weighted by Gasteiger charge is 2.24. The van der Waals surface area contributed by atoms with Crippen LogP contribution in [0.5, 0.6) is 0 Å². The lowest BCUT2D eigenvalue weighted by molar-refractivity contribution is 0.00457. The molecule has 0 saturated heterocycles. The molecule has 1 radical (unpaired) electrons. The maximum absolute atomic E-state index is 9.39. The van der Waals surface area contributed by atoms with Crippen LogP contribution in [0.2, 0.25) is 0 Å². The van der Waals surface area contributed by atoms with Gasteiger partial charge in [0.2, 0.25) is 0 Å². The first kappa shape index (κ1) is 22.7. The molecule has 24 heavy (non-hydrogen) atoms. The molecule has 0 heterocycles. The van der Waals surface area contributed by atoms with Gasteiger partial charge in [0.1, 0.15) is 0 Å². The lowest BCUT2D eigenvalue weighted by Crippen LogP contribution is -2.27. The molecule has 6 nitrogen and oxygen atoms in total. The summed E-state index contributed by atoms with van der Waals surface area (Å²) in [4.78, 5) is 0. The molecule has 0 aliphatic rings. The highest BCUT2D eigenvalue weighted by Crippen LogP contribution is 2.28. The third-order valence-electron chi connectivity index (χ3n) is 3.13. The van der Waals surface area contributed by atoms with Crippen molar-refractivity contribution in [1.29, 1.82) is 0 Å². The standard InChI is InChI=1S/C18H29O6/c1-14(23)13-24-15(2)18(16(7-11-21)5-3-9-19)17(8-12-22)6-4-10-20/h3-8,14-15,18-23H,2,9-13H2,1H3. The molecule has 5 N–H and O–H groups in total. The first-order valence-electron chi connectivity index (χ1n) is 7.81. The van der Waals surface area contributed by atoms with E-state index < -0.39 is 18.1 Å². The molecule has 2 unspecified atom stereocenters. The first-order valence-corrected chi connectivity index (χ1v) is 7.81. The average Bonchev–Trinajstić information content (AvgIpc) is 2.55. The van der Waals surface area contributed by atoms with Gasteiger partial charge >= 0.3 is 0 Å². The predicted molar refractivity (Wildman–Crippen MR) is 93.1 cm³/mol. The Labute approximate surface area is 143 Å². The van der Waals surface area contributed by atoms with Gasteiger partial charge < -0.3 is 30.3 Å². The third kappa shape index (κ3) is 9.12. The lowest BCUT2D eigenvalue weighted by atomic mass is 9.85. The fourth-order valence-electron chi connectivity index (χ4n) is 2.17. The number of hydrogen-bond donors (Lipinski definition) is 5. The van der Waals surface area contributed by atoms with E-state index in [1.165, 1.54) is 12.2 Å². The highest BCUT2D eigenvalue weighted by atomic mass is 16.5. The van der Waals surface area contributed by atoms with Crippen molar-refractivity contribution in [1.82, 2.24) is 0 Å². The zero-order chi connectivity index (χ0) is 18.4. The van der Waals surface area contributed by atoms with Crippen LogP contribution in [0.4, 0.5) is 0 Å². The van der Waals surface area contributed by atoms with Crippen molar-refractivity contribution in [2.45, 2.75) is 19.1 Å². The Hall–Kier alpha value is -1.28.